The molecule has 4 heteroatoms. The Kier molecular flexibility index (Phi) is 5.86. The molecule has 2 nitrogen and oxygen atoms in total. The minimum absolute atomic E-state index is 0.161. The van der Waals surface area contributed by atoms with E-state index >= 15 is 0 Å². The fraction of sp³-hybridized carbons (Fsp3) is 0.250. The van der Waals surface area contributed by atoms with Crippen LogP contribution in [-0.2, 0) is 6.42 Å². The highest BCUT2D eigenvalue weighted by Crippen LogP contribution is 2.31. The predicted octanol–water partition coefficient (Wildman–Crippen LogP) is 5.13. The highest BCUT2D eigenvalue weighted by Gasteiger charge is 2.10. The van der Waals surface area contributed by atoms with Crippen molar-refractivity contribution in [2.24, 2.45) is 5.73 Å². The molecule has 0 saturated carbocycles. The van der Waals surface area contributed by atoms with Gasteiger partial charge in [0.2, 0.25) is 0 Å². The molecule has 1 atom stereocenters. The van der Waals surface area contributed by atoms with E-state index in [1.165, 1.54) is 0 Å². The molecular formula is C16H17BrINO. The molecule has 0 aliphatic rings. The first-order valence-corrected chi connectivity index (χ1v) is 8.43. The zero-order valence-corrected chi connectivity index (χ0v) is 15.0. The molecule has 0 spiro atoms. The molecule has 0 aliphatic carbocycles. The van der Waals surface area contributed by atoms with E-state index in [9.17, 15) is 0 Å². The Labute approximate surface area is 142 Å². The molecule has 0 radical (unpaired) electrons. The second-order valence-corrected chi connectivity index (χ2v) is 6.73. The summed E-state index contributed by atoms with van der Waals surface area (Å²) in [6, 6.07) is 14.3. The lowest BCUT2D eigenvalue weighted by molar-refractivity contribution is 0.468. The highest BCUT2D eigenvalue weighted by atomic mass is 127. The van der Waals surface area contributed by atoms with Gasteiger partial charge in [0.15, 0.2) is 0 Å². The van der Waals surface area contributed by atoms with Crippen LogP contribution in [0.3, 0.4) is 0 Å². The third kappa shape index (κ3) is 4.20. The molecule has 2 N–H and O–H groups in total. The number of ether oxygens (including phenoxy) is 1. The molecule has 0 bridgehead atoms. The Balaban J connectivity index is 2.30. The van der Waals surface area contributed by atoms with Gasteiger partial charge in [0.25, 0.3) is 0 Å². The van der Waals surface area contributed by atoms with E-state index in [1.807, 2.05) is 36.4 Å². The van der Waals surface area contributed by atoms with E-state index in [4.69, 9.17) is 10.5 Å². The standard InChI is InChI=1S/C16H17BrINO/c1-2-13(19)9-11-7-8-12(17)10-16(11)20-15-6-4-3-5-14(15)18/h3-8,10,13H,2,9,19H2,1H3. The smallest absolute Gasteiger partial charge is 0.140 e. The van der Waals surface area contributed by atoms with Crippen molar-refractivity contribution in [3.05, 3.63) is 56.1 Å². The van der Waals surface area contributed by atoms with Gasteiger partial charge >= 0.3 is 0 Å². The van der Waals surface area contributed by atoms with Crippen molar-refractivity contribution in [1.29, 1.82) is 0 Å². The van der Waals surface area contributed by atoms with Gasteiger partial charge in [0.05, 0.1) is 3.57 Å². The lowest BCUT2D eigenvalue weighted by Crippen LogP contribution is -2.21. The highest BCUT2D eigenvalue weighted by molar-refractivity contribution is 14.1. The van der Waals surface area contributed by atoms with Gasteiger partial charge in [0.1, 0.15) is 11.5 Å². The minimum Gasteiger partial charge on any atom is -0.456 e. The molecule has 0 aliphatic heterocycles. The summed E-state index contributed by atoms with van der Waals surface area (Å²) >= 11 is 5.78. The van der Waals surface area contributed by atoms with Crippen LogP contribution in [0.5, 0.6) is 11.5 Å². The molecule has 0 amide bonds. The number of halogens is 2. The van der Waals surface area contributed by atoms with Crippen molar-refractivity contribution in [3.8, 4) is 11.5 Å². The van der Waals surface area contributed by atoms with Crippen molar-refractivity contribution < 1.29 is 4.74 Å². The van der Waals surface area contributed by atoms with Gasteiger partial charge in [-0.25, -0.2) is 0 Å². The van der Waals surface area contributed by atoms with Gasteiger partial charge < -0.3 is 10.5 Å². The van der Waals surface area contributed by atoms with Crippen LogP contribution in [0.2, 0.25) is 0 Å². The summed E-state index contributed by atoms with van der Waals surface area (Å²) in [6.07, 6.45) is 1.78. The maximum atomic E-state index is 6.07. The summed E-state index contributed by atoms with van der Waals surface area (Å²) in [5, 5.41) is 0. The molecule has 0 fully saturated rings. The zero-order valence-electron chi connectivity index (χ0n) is 11.3. The van der Waals surface area contributed by atoms with Crippen LogP contribution in [0.15, 0.2) is 46.9 Å². The summed E-state index contributed by atoms with van der Waals surface area (Å²) < 4.78 is 8.17. The van der Waals surface area contributed by atoms with Crippen molar-refractivity contribution in [1.82, 2.24) is 0 Å². The van der Waals surface area contributed by atoms with Gasteiger partial charge in [-0.2, -0.15) is 0 Å². The van der Waals surface area contributed by atoms with Gasteiger partial charge in [-0.1, -0.05) is 41.1 Å². The molecular weight excluding hydrogens is 429 g/mol. The summed E-state index contributed by atoms with van der Waals surface area (Å²) in [4.78, 5) is 0. The first-order chi connectivity index (χ1) is 9.60. The number of hydrogen-bond acceptors (Lipinski definition) is 2. The molecule has 2 aromatic rings. The summed E-state index contributed by atoms with van der Waals surface area (Å²) in [6.45, 7) is 2.10. The SMILES string of the molecule is CCC(N)Cc1ccc(Br)cc1Oc1ccccc1I. The Morgan fingerprint density at radius 3 is 2.65 bits per heavy atom. The van der Waals surface area contributed by atoms with Gasteiger partial charge in [-0.05, 0) is 65.3 Å². The lowest BCUT2D eigenvalue weighted by Gasteiger charge is -2.15. The molecule has 2 aromatic carbocycles. The third-order valence-electron chi connectivity index (χ3n) is 3.09. The Morgan fingerprint density at radius 1 is 1.20 bits per heavy atom. The topological polar surface area (TPSA) is 35.2 Å². The maximum absolute atomic E-state index is 6.07. The largest absolute Gasteiger partial charge is 0.456 e. The number of para-hydroxylation sites is 1. The van der Waals surface area contributed by atoms with Gasteiger partial charge in [-0.3, -0.25) is 0 Å². The molecule has 0 saturated heterocycles. The average Bonchev–Trinajstić information content (AvgIpc) is 2.44. The average molecular weight is 446 g/mol. The second kappa shape index (κ2) is 7.43. The minimum atomic E-state index is 0.161. The fourth-order valence-electron chi connectivity index (χ4n) is 1.86. The summed E-state index contributed by atoms with van der Waals surface area (Å²) in [5.74, 6) is 1.74. The van der Waals surface area contributed by atoms with E-state index < -0.39 is 0 Å². The fourth-order valence-corrected chi connectivity index (χ4v) is 2.70. The van der Waals surface area contributed by atoms with E-state index in [1.54, 1.807) is 0 Å². The van der Waals surface area contributed by atoms with Crippen molar-refractivity contribution >= 4 is 38.5 Å². The van der Waals surface area contributed by atoms with E-state index in [0.717, 1.165) is 37.9 Å². The molecule has 2 rings (SSSR count). The number of hydrogen-bond donors (Lipinski definition) is 1. The number of nitrogens with two attached hydrogens (primary N) is 1. The number of rotatable bonds is 5. The van der Waals surface area contributed by atoms with Crippen molar-refractivity contribution in [2.45, 2.75) is 25.8 Å². The number of benzene rings is 2. The van der Waals surface area contributed by atoms with Crippen LogP contribution >= 0.6 is 38.5 Å². The Bertz CT molecular complexity index is 588. The van der Waals surface area contributed by atoms with Crippen LogP contribution in [0, 0.1) is 3.57 Å². The third-order valence-corrected chi connectivity index (χ3v) is 4.48. The molecule has 0 aromatic heterocycles. The Morgan fingerprint density at radius 2 is 1.95 bits per heavy atom. The predicted molar refractivity (Wildman–Crippen MR) is 95.3 cm³/mol. The Hall–Kier alpha value is -0.590. The first-order valence-electron chi connectivity index (χ1n) is 6.56. The molecule has 0 heterocycles. The lowest BCUT2D eigenvalue weighted by atomic mass is 10.0. The van der Waals surface area contributed by atoms with Crippen LogP contribution in [0.1, 0.15) is 18.9 Å². The maximum Gasteiger partial charge on any atom is 0.140 e. The van der Waals surface area contributed by atoms with Gasteiger partial charge in [0, 0.05) is 10.5 Å². The molecule has 106 valence electrons. The normalized spacial score (nSPS) is 12.2. The monoisotopic (exact) mass is 445 g/mol. The quantitative estimate of drug-likeness (QED) is 0.647. The molecule has 20 heavy (non-hydrogen) atoms. The van der Waals surface area contributed by atoms with Crippen LogP contribution in [-0.4, -0.2) is 6.04 Å². The summed E-state index contributed by atoms with van der Waals surface area (Å²) in [5.41, 5.74) is 7.21. The van der Waals surface area contributed by atoms with Crippen LogP contribution < -0.4 is 10.5 Å². The van der Waals surface area contributed by atoms with Crippen molar-refractivity contribution in [3.63, 3.8) is 0 Å². The second-order valence-electron chi connectivity index (χ2n) is 4.66. The van der Waals surface area contributed by atoms with Gasteiger partial charge in [-0.15, -0.1) is 0 Å². The van der Waals surface area contributed by atoms with E-state index in [0.29, 0.717) is 0 Å². The summed E-state index contributed by atoms with van der Waals surface area (Å²) in [7, 11) is 0. The molecule has 1 unspecified atom stereocenters. The van der Waals surface area contributed by atoms with Crippen LogP contribution in [0.25, 0.3) is 0 Å². The van der Waals surface area contributed by atoms with E-state index in [-0.39, 0.29) is 6.04 Å². The van der Waals surface area contributed by atoms with Crippen LogP contribution in [0.4, 0.5) is 0 Å². The van der Waals surface area contributed by atoms with E-state index in [2.05, 4.69) is 51.5 Å². The van der Waals surface area contributed by atoms with Crippen molar-refractivity contribution in [2.75, 3.05) is 0 Å². The first kappa shape index (κ1) is 15.8. The zero-order chi connectivity index (χ0) is 14.5.